The van der Waals surface area contributed by atoms with Crippen LogP contribution in [0.15, 0.2) is 53.7 Å². The van der Waals surface area contributed by atoms with Crippen LogP contribution in [-0.4, -0.2) is 66.6 Å². The highest BCUT2D eigenvalue weighted by Gasteiger charge is 2.33. The molecular weight excluding hydrogens is 536 g/mol. The van der Waals surface area contributed by atoms with E-state index in [0.29, 0.717) is 16.7 Å². The number of nitrogens with zero attached hydrogens (tertiary/aromatic N) is 5. The average molecular weight is 567 g/mol. The van der Waals surface area contributed by atoms with Gasteiger partial charge in [-0.15, -0.1) is 5.10 Å². The molecule has 2 heterocycles. The van der Waals surface area contributed by atoms with Crippen molar-refractivity contribution in [3.8, 4) is 22.5 Å². The lowest BCUT2D eigenvalue weighted by Crippen LogP contribution is -2.24. The second-order valence-corrected chi connectivity index (χ2v) is 10.3. The number of ether oxygens (including phenoxy) is 3. The molecule has 0 aliphatic carbocycles. The van der Waals surface area contributed by atoms with Crippen molar-refractivity contribution in [1.82, 2.24) is 30.2 Å². The minimum absolute atomic E-state index is 0.0724. The number of carbonyl (C=O) groups excluding carboxylic acids is 2. The molecule has 0 bridgehead atoms. The highest BCUT2D eigenvalue weighted by Crippen LogP contribution is 2.32. The Morgan fingerprint density at radius 2 is 1.75 bits per heavy atom. The molecule has 0 spiro atoms. The van der Waals surface area contributed by atoms with E-state index in [1.807, 2.05) is 55.5 Å². The first-order chi connectivity index (χ1) is 19.2. The normalized spacial score (nSPS) is 11.3. The molecule has 2 aromatic heterocycles. The molecule has 13 heteroatoms. The molecule has 2 aromatic carbocycles. The van der Waals surface area contributed by atoms with E-state index in [-0.39, 0.29) is 24.5 Å². The minimum Gasteiger partial charge on any atom is -0.435 e. The Balaban J connectivity index is 1.65. The highest BCUT2D eigenvalue weighted by molar-refractivity contribution is 7.99. The summed E-state index contributed by atoms with van der Waals surface area (Å²) in [4.78, 5) is 29.3. The molecule has 0 atom stereocenters. The third kappa shape index (κ3) is 6.66. The quantitative estimate of drug-likeness (QED) is 0.151. The van der Waals surface area contributed by atoms with E-state index in [9.17, 15) is 14.7 Å². The summed E-state index contributed by atoms with van der Waals surface area (Å²) in [7, 11) is 0. The van der Waals surface area contributed by atoms with Crippen LogP contribution >= 0.6 is 11.8 Å². The van der Waals surface area contributed by atoms with Crippen molar-refractivity contribution in [3.05, 3.63) is 65.5 Å². The summed E-state index contributed by atoms with van der Waals surface area (Å²) in [5, 5.41) is 25.6. The first-order valence-corrected chi connectivity index (χ1v) is 13.6. The lowest BCUT2D eigenvalue weighted by Gasteiger charge is -2.17. The number of benzene rings is 2. The van der Waals surface area contributed by atoms with E-state index >= 15 is 0 Å². The molecule has 0 saturated carbocycles. The molecule has 0 aliphatic rings. The zero-order valence-electron chi connectivity index (χ0n) is 22.6. The van der Waals surface area contributed by atoms with Gasteiger partial charge in [0.05, 0.1) is 13.2 Å². The molecule has 0 saturated heterocycles. The second-order valence-electron chi connectivity index (χ2n) is 9.04. The van der Waals surface area contributed by atoms with E-state index < -0.39 is 24.5 Å². The Kier molecular flexibility index (Phi) is 9.17. The Morgan fingerprint density at radius 3 is 2.38 bits per heavy atom. The molecule has 4 rings (SSSR count). The maximum absolute atomic E-state index is 13.2. The van der Waals surface area contributed by atoms with Crippen LogP contribution < -0.4 is 0 Å². The molecule has 0 radical (unpaired) electrons. The fourth-order valence-corrected chi connectivity index (χ4v) is 4.72. The third-order valence-electron chi connectivity index (χ3n) is 5.74. The van der Waals surface area contributed by atoms with Crippen LogP contribution in [0.2, 0.25) is 0 Å². The van der Waals surface area contributed by atoms with Gasteiger partial charge in [0.2, 0.25) is 6.79 Å². The number of H-pyrrole nitrogens is 1. The summed E-state index contributed by atoms with van der Waals surface area (Å²) in [6.45, 7) is 6.45. The zero-order chi connectivity index (χ0) is 28.7. The fourth-order valence-electron chi connectivity index (χ4n) is 4.00. The van der Waals surface area contributed by atoms with Gasteiger partial charge in [-0.05, 0) is 53.6 Å². The lowest BCUT2D eigenvalue weighted by atomic mass is 9.98. The average Bonchev–Trinajstić information content (AvgIpc) is 3.58. The minimum atomic E-state index is -1.44. The van der Waals surface area contributed by atoms with E-state index in [4.69, 9.17) is 14.2 Å². The zero-order valence-corrected chi connectivity index (χ0v) is 23.4. The number of rotatable bonds is 11. The maximum atomic E-state index is 13.2. The van der Waals surface area contributed by atoms with E-state index in [2.05, 4.69) is 25.6 Å². The van der Waals surface area contributed by atoms with Crippen LogP contribution in [0, 0.1) is 0 Å². The van der Waals surface area contributed by atoms with Crippen molar-refractivity contribution in [3.63, 3.8) is 0 Å². The number of aliphatic hydroxyl groups is 1. The van der Waals surface area contributed by atoms with Crippen LogP contribution in [0.1, 0.15) is 49.4 Å². The first-order valence-electron chi connectivity index (χ1n) is 12.6. The second kappa shape index (κ2) is 12.7. The van der Waals surface area contributed by atoms with Crippen molar-refractivity contribution in [2.45, 2.75) is 45.0 Å². The predicted octanol–water partition coefficient (Wildman–Crippen LogP) is 4.41. The van der Waals surface area contributed by atoms with Gasteiger partial charge in [-0.2, -0.15) is 0 Å². The van der Waals surface area contributed by atoms with Gasteiger partial charge in [-0.1, -0.05) is 67.2 Å². The van der Waals surface area contributed by atoms with Gasteiger partial charge in [0.25, 0.3) is 0 Å². The summed E-state index contributed by atoms with van der Waals surface area (Å²) in [6.07, 6.45) is -0.949. The van der Waals surface area contributed by atoms with Gasteiger partial charge in [0, 0.05) is 5.56 Å². The monoisotopic (exact) mass is 566 g/mol. The Bertz CT molecular complexity index is 1450. The Hall–Kier alpha value is -4.23. The number of hydrogen-bond acceptors (Lipinski definition) is 11. The topological polar surface area (TPSA) is 154 Å². The van der Waals surface area contributed by atoms with E-state index in [1.54, 1.807) is 25.3 Å². The number of aromatic amines is 1. The molecule has 2 N–H and O–H groups in total. The molecule has 4 aromatic rings. The molecule has 0 unspecified atom stereocenters. The van der Waals surface area contributed by atoms with Crippen LogP contribution in [0.25, 0.3) is 22.5 Å². The number of tetrazole rings is 1. The molecule has 0 amide bonds. The van der Waals surface area contributed by atoms with Gasteiger partial charge in [-0.3, -0.25) is 0 Å². The van der Waals surface area contributed by atoms with Gasteiger partial charge in [0.1, 0.15) is 11.3 Å². The van der Waals surface area contributed by atoms with Crippen LogP contribution in [0.5, 0.6) is 0 Å². The van der Waals surface area contributed by atoms with Crippen molar-refractivity contribution in [2.24, 2.45) is 0 Å². The standard InChI is InChI=1S/C27H30N6O6S/c1-5-37-26(35)39-16-38-24(34)21-22(27(3,4)36)28-25(40-6-2)33(21)15-17-11-13-18(14-12-17)19-9-7-8-10-20(19)23-29-31-32-30-23/h7-14,36H,5-6,15-16H2,1-4H3,(H,29,30,31,32). The first kappa shape index (κ1) is 28.8. The summed E-state index contributed by atoms with van der Waals surface area (Å²) >= 11 is 1.43. The predicted molar refractivity (Wildman–Crippen MR) is 146 cm³/mol. The molecule has 12 nitrogen and oxygen atoms in total. The van der Waals surface area contributed by atoms with E-state index in [0.717, 1.165) is 22.3 Å². The Labute approximate surface area is 235 Å². The summed E-state index contributed by atoms with van der Waals surface area (Å²) in [5.41, 5.74) is 2.45. The van der Waals surface area contributed by atoms with Crippen molar-refractivity contribution < 1.29 is 28.9 Å². The van der Waals surface area contributed by atoms with Gasteiger partial charge < -0.3 is 23.9 Å². The SMILES string of the molecule is CCOC(=O)OCOC(=O)c1c(C(C)(C)O)nc(SCC)n1Cc1ccc(-c2ccccc2-c2nnn[nH]2)cc1. The highest BCUT2D eigenvalue weighted by atomic mass is 32.2. The molecular formula is C27H30N6O6S. The van der Waals surface area contributed by atoms with E-state index in [1.165, 1.54) is 11.8 Å². The molecule has 210 valence electrons. The van der Waals surface area contributed by atoms with Crippen LogP contribution in [0.3, 0.4) is 0 Å². The van der Waals surface area contributed by atoms with Crippen molar-refractivity contribution in [1.29, 1.82) is 0 Å². The number of thioether (sulfide) groups is 1. The number of imidazole rings is 1. The molecule has 0 aliphatic heterocycles. The number of nitrogens with one attached hydrogen (secondary N) is 1. The Morgan fingerprint density at radius 1 is 1.02 bits per heavy atom. The summed E-state index contributed by atoms with van der Waals surface area (Å²) < 4.78 is 16.4. The van der Waals surface area contributed by atoms with Gasteiger partial charge >= 0.3 is 12.1 Å². The number of esters is 1. The molecule has 0 fully saturated rings. The van der Waals surface area contributed by atoms with Gasteiger partial charge in [0.15, 0.2) is 16.7 Å². The smallest absolute Gasteiger partial charge is 0.435 e. The largest absolute Gasteiger partial charge is 0.511 e. The lowest BCUT2D eigenvalue weighted by molar-refractivity contribution is -0.0275. The van der Waals surface area contributed by atoms with Crippen molar-refractivity contribution >= 4 is 23.9 Å². The van der Waals surface area contributed by atoms with Gasteiger partial charge in [-0.25, -0.2) is 19.7 Å². The van der Waals surface area contributed by atoms with Crippen molar-refractivity contribution in [2.75, 3.05) is 19.2 Å². The number of carbonyl (C=O) groups is 2. The third-order valence-corrected chi connectivity index (χ3v) is 6.60. The van der Waals surface area contributed by atoms with Crippen LogP contribution in [0.4, 0.5) is 4.79 Å². The number of hydrogen-bond donors (Lipinski definition) is 2. The molecule has 40 heavy (non-hydrogen) atoms. The maximum Gasteiger partial charge on any atom is 0.511 e. The summed E-state index contributed by atoms with van der Waals surface area (Å²) in [5.74, 6) is 0.464. The number of aromatic nitrogens is 6. The fraction of sp³-hybridized carbons (Fsp3) is 0.333. The van der Waals surface area contributed by atoms with Crippen LogP contribution in [-0.2, 0) is 26.4 Å². The summed E-state index contributed by atoms with van der Waals surface area (Å²) in [6, 6.07) is 15.6.